The topological polar surface area (TPSA) is 12.5 Å². The van der Waals surface area contributed by atoms with E-state index in [0.29, 0.717) is 12.2 Å². The molecule has 2 heteroatoms. The molecule has 0 aromatic rings. The molecule has 2 saturated heterocycles. The zero-order valence-corrected chi connectivity index (χ0v) is 6.55. The van der Waals surface area contributed by atoms with E-state index in [9.17, 15) is 0 Å². The minimum atomic E-state index is 0.553. The Morgan fingerprint density at radius 2 is 2.00 bits per heavy atom. The first kappa shape index (κ1) is 6.62. The van der Waals surface area contributed by atoms with E-state index in [4.69, 9.17) is 4.74 Å². The van der Waals surface area contributed by atoms with Crippen LogP contribution in [0.1, 0.15) is 19.3 Å². The van der Waals surface area contributed by atoms with Crippen molar-refractivity contribution in [3.8, 4) is 0 Å². The van der Waals surface area contributed by atoms with Crippen molar-refractivity contribution >= 4 is 0 Å². The number of nitrogens with zero attached hydrogens (tertiary/aromatic N) is 1. The van der Waals surface area contributed by atoms with Crippen LogP contribution in [0.15, 0.2) is 0 Å². The molecule has 0 saturated carbocycles. The maximum absolute atomic E-state index is 5.75. The van der Waals surface area contributed by atoms with Crippen LogP contribution in [0.25, 0.3) is 0 Å². The molecule has 10 heavy (non-hydrogen) atoms. The monoisotopic (exact) mass is 141 g/mol. The van der Waals surface area contributed by atoms with Crippen LogP contribution in [0.2, 0.25) is 0 Å². The summed E-state index contributed by atoms with van der Waals surface area (Å²) in [6.45, 7) is 2.37. The highest BCUT2D eigenvalue weighted by Gasteiger charge is 2.28. The lowest BCUT2D eigenvalue weighted by atomic mass is 10.1. The van der Waals surface area contributed by atoms with Gasteiger partial charge in [-0.3, -0.25) is 0 Å². The van der Waals surface area contributed by atoms with E-state index in [1.165, 1.54) is 25.8 Å². The Kier molecular flexibility index (Phi) is 1.66. The van der Waals surface area contributed by atoms with Crippen molar-refractivity contribution in [3.63, 3.8) is 0 Å². The molecule has 58 valence electrons. The summed E-state index contributed by atoms with van der Waals surface area (Å²) in [7, 11) is 2.18. The fraction of sp³-hybridized carbons (Fsp3) is 1.00. The van der Waals surface area contributed by atoms with Crippen molar-refractivity contribution in [3.05, 3.63) is 0 Å². The average molecular weight is 141 g/mol. The smallest absolute Gasteiger partial charge is 0.0706 e. The second-order valence-corrected chi connectivity index (χ2v) is 3.51. The number of rotatable bonds is 0. The van der Waals surface area contributed by atoms with Crippen molar-refractivity contribution in [1.82, 2.24) is 4.90 Å². The summed E-state index contributed by atoms with van der Waals surface area (Å²) in [5.41, 5.74) is 0. The van der Waals surface area contributed by atoms with Gasteiger partial charge in [-0.05, 0) is 26.3 Å². The van der Waals surface area contributed by atoms with Gasteiger partial charge in [0.25, 0.3) is 0 Å². The van der Waals surface area contributed by atoms with E-state index in [2.05, 4.69) is 11.9 Å². The molecule has 2 atom stereocenters. The van der Waals surface area contributed by atoms with E-state index >= 15 is 0 Å². The highest BCUT2D eigenvalue weighted by molar-refractivity contribution is 4.80. The normalized spacial score (nSPS) is 41.7. The summed E-state index contributed by atoms with van der Waals surface area (Å²) in [5.74, 6) is 0. The van der Waals surface area contributed by atoms with E-state index in [1.807, 2.05) is 0 Å². The first-order valence-electron chi connectivity index (χ1n) is 4.18. The summed E-state index contributed by atoms with van der Waals surface area (Å²) in [6, 6.07) is 0. The standard InChI is InChI=1S/C8H15NO/c1-9-5-4-7-2-3-8(6-9)10-7/h7-8H,2-6H2,1H3. The maximum Gasteiger partial charge on any atom is 0.0706 e. The van der Waals surface area contributed by atoms with Crippen LogP contribution in [0.5, 0.6) is 0 Å². The molecule has 2 fully saturated rings. The molecule has 0 amide bonds. The summed E-state index contributed by atoms with van der Waals surface area (Å²) >= 11 is 0. The Hall–Kier alpha value is -0.0800. The van der Waals surface area contributed by atoms with Gasteiger partial charge >= 0.3 is 0 Å². The van der Waals surface area contributed by atoms with Gasteiger partial charge in [0.05, 0.1) is 12.2 Å². The average Bonchev–Trinajstić information content (AvgIpc) is 2.22. The van der Waals surface area contributed by atoms with Crippen molar-refractivity contribution in [2.75, 3.05) is 20.1 Å². The Morgan fingerprint density at radius 3 is 2.90 bits per heavy atom. The molecule has 0 radical (unpaired) electrons. The quantitative estimate of drug-likeness (QED) is 0.496. The van der Waals surface area contributed by atoms with E-state index in [0.717, 1.165) is 6.54 Å². The Labute approximate surface area is 62.2 Å². The van der Waals surface area contributed by atoms with Crippen LogP contribution in [0.4, 0.5) is 0 Å². The lowest BCUT2D eigenvalue weighted by molar-refractivity contribution is 0.0519. The van der Waals surface area contributed by atoms with E-state index < -0.39 is 0 Å². The first-order valence-corrected chi connectivity index (χ1v) is 4.18. The van der Waals surface area contributed by atoms with Gasteiger partial charge in [0.1, 0.15) is 0 Å². The highest BCUT2D eigenvalue weighted by Crippen LogP contribution is 2.25. The molecule has 0 N–H and O–H groups in total. The predicted molar refractivity (Wildman–Crippen MR) is 40.0 cm³/mol. The Bertz CT molecular complexity index is 126. The van der Waals surface area contributed by atoms with Crippen LogP contribution in [0, 0.1) is 0 Å². The largest absolute Gasteiger partial charge is 0.374 e. The first-order chi connectivity index (χ1) is 4.84. The van der Waals surface area contributed by atoms with Crippen LogP contribution >= 0.6 is 0 Å². The molecule has 2 unspecified atom stereocenters. The highest BCUT2D eigenvalue weighted by atomic mass is 16.5. The third-order valence-corrected chi connectivity index (χ3v) is 2.54. The summed E-state index contributed by atoms with van der Waals surface area (Å²) in [6.07, 6.45) is 4.98. The van der Waals surface area contributed by atoms with Crippen LogP contribution in [0.3, 0.4) is 0 Å². The van der Waals surface area contributed by atoms with Crippen LogP contribution in [-0.4, -0.2) is 37.2 Å². The van der Waals surface area contributed by atoms with Crippen molar-refractivity contribution in [2.45, 2.75) is 31.5 Å². The lowest BCUT2D eigenvalue weighted by Gasteiger charge is -2.16. The van der Waals surface area contributed by atoms with Gasteiger partial charge < -0.3 is 9.64 Å². The number of likely N-dealkylation sites (tertiary alicyclic amines) is 1. The second kappa shape index (κ2) is 2.51. The summed E-state index contributed by atoms with van der Waals surface area (Å²) in [5, 5.41) is 0. The number of hydrogen-bond donors (Lipinski definition) is 0. The van der Waals surface area contributed by atoms with Gasteiger partial charge in [0, 0.05) is 13.1 Å². The maximum atomic E-state index is 5.75. The minimum absolute atomic E-state index is 0.553. The third-order valence-electron chi connectivity index (χ3n) is 2.54. The molecule has 0 aliphatic carbocycles. The second-order valence-electron chi connectivity index (χ2n) is 3.51. The van der Waals surface area contributed by atoms with E-state index in [-0.39, 0.29) is 0 Å². The Balaban J connectivity index is 1.99. The van der Waals surface area contributed by atoms with Gasteiger partial charge in [-0.1, -0.05) is 0 Å². The van der Waals surface area contributed by atoms with Crippen molar-refractivity contribution in [1.29, 1.82) is 0 Å². The summed E-state index contributed by atoms with van der Waals surface area (Å²) in [4.78, 5) is 2.38. The molecule has 0 aromatic carbocycles. The predicted octanol–water partition coefficient (Wildman–Crippen LogP) is 0.869. The number of hydrogen-bond acceptors (Lipinski definition) is 2. The molecule has 2 bridgehead atoms. The minimum Gasteiger partial charge on any atom is -0.374 e. The van der Waals surface area contributed by atoms with E-state index in [1.54, 1.807) is 0 Å². The molecule has 2 rings (SSSR count). The zero-order valence-electron chi connectivity index (χ0n) is 6.55. The summed E-state index contributed by atoms with van der Waals surface area (Å²) < 4.78 is 5.75. The number of fused-ring (bicyclic) bond motifs is 2. The molecule has 0 aromatic heterocycles. The molecule has 2 aliphatic heterocycles. The number of ether oxygens (including phenoxy) is 1. The molecule has 2 nitrogen and oxygen atoms in total. The van der Waals surface area contributed by atoms with Gasteiger partial charge in [-0.25, -0.2) is 0 Å². The Morgan fingerprint density at radius 1 is 1.20 bits per heavy atom. The number of likely N-dealkylation sites (N-methyl/N-ethyl adjacent to an activating group) is 1. The van der Waals surface area contributed by atoms with Crippen molar-refractivity contribution < 1.29 is 4.74 Å². The van der Waals surface area contributed by atoms with Gasteiger partial charge in [-0.2, -0.15) is 0 Å². The molecule has 2 heterocycles. The fourth-order valence-corrected chi connectivity index (χ4v) is 1.93. The van der Waals surface area contributed by atoms with Crippen LogP contribution < -0.4 is 0 Å². The third kappa shape index (κ3) is 1.18. The molecule has 0 spiro atoms. The van der Waals surface area contributed by atoms with Crippen molar-refractivity contribution in [2.24, 2.45) is 0 Å². The zero-order chi connectivity index (χ0) is 6.97. The van der Waals surface area contributed by atoms with Gasteiger partial charge in [-0.15, -0.1) is 0 Å². The molecule has 2 aliphatic rings. The lowest BCUT2D eigenvalue weighted by Crippen LogP contribution is -2.27. The van der Waals surface area contributed by atoms with Gasteiger partial charge in [0.2, 0.25) is 0 Å². The SMILES string of the molecule is CN1CCC2CCC(C1)O2. The fourth-order valence-electron chi connectivity index (χ4n) is 1.93. The van der Waals surface area contributed by atoms with Crippen LogP contribution in [-0.2, 0) is 4.74 Å². The van der Waals surface area contributed by atoms with Gasteiger partial charge in [0.15, 0.2) is 0 Å². The molecular weight excluding hydrogens is 126 g/mol. The molecular formula is C8H15NO.